The number of carbonyl (C=O) groups excluding carboxylic acids is 1. The first-order valence-electron chi connectivity index (χ1n) is 9.38. The van der Waals surface area contributed by atoms with E-state index < -0.39 is 10.0 Å². The molecule has 1 aliphatic rings. The van der Waals surface area contributed by atoms with Crippen LogP contribution in [-0.2, 0) is 21.2 Å². The topological polar surface area (TPSA) is 75.7 Å². The van der Waals surface area contributed by atoms with Crippen LogP contribution in [0.1, 0.15) is 44.1 Å². The fourth-order valence-corrected chi connectivity index (χ4v) is 4.11. The first-order chi connectivity index (χ1) is 12.8. The van der Waals surface area contributed by atoms with Gasteiger partial charge in [-0.3, -0.25) is 4.79 Å². The second-order valence-electron chi connectivity index (χ2n) is 6.97. The van der Waals surface area contributed by atoms with Crippen molar-refractivity contribution in [1.29, 1.82) is 0 Å². The maximum Gasteiger partial charge on any atom is 0.242 e. The summed E-state index contributed by atoms with van der Waals surface area (Å²) in [4.78, 5) is 12.4. The number of rotatable bonds is 9. The van der Waals surface area contributed by atoms with Crippen LogP contribution in [0.15, 0.2) is 34.7 Å². The average molecular weight is 395 g/mol. The van der Waals surface area contributed by atoms with Gasteiger partial charge < -0.3 is 10.1 Å². The molecule has 0 unspecified atom stereocenters. The lowest BCUT2D eigenvalue weighted by Gasteiger charge is -2.15. The Labute approximate surface area is 162 Å². The van der Waals surface area contributed by atoms with Gasteiger partial charge in [-0.05, 0) is 62.3 Å². The largest absolute Gasteiger partial charge is 0.496 e. The van der Waals surface area contributed by atoms with Crippen molar-refractivity contribution in [2.24, 2.45) is 0 Å². The van der Waals surface area contributed by atoms with Gasteiger partial charge in [0.15, 0.2) is 0 Å². The molecule has 0 saturated carbocycles. The molecule has 7 heteroatoms. The molecule has 0 bridgehead atoms. The predicted molar refractivity (Wildman–Crippen MR) is 106 cm³/mol. The number of sulfonamides is 1. The first kappa shape index (κ1) is 21.4. The molecule has 0 fully saturated rings. The van der Waals surface area contributed by atoms with Crippen LogP contribution < -0.4 is 10.1 Å². The summed E-state index contributed by atoms with van der Waals surface area (Å²) in [6.45, 7) is 0.650. The lowest BCUT2D eigenvalue weighted by molar-refractivity contribution is -0.121. The average Bonchev–Trinajstić information content (AvgIpc) is 2.66. The van der Waals surface area contributed by atoms with Gasteiger partial charge in [0.1, 0.15) is 5.75 Å². The molecule has 1 N–H and O–H groups in total. The van der Waals surface area contributed by atoms with E-state index in [0.29, 0.717) is 30.7 Å². The zero-order valence-corrected chi connectivity index (χ0v) is 17.3. The quantitative estimate of drug-likeness (QED) is 0.654. The molecule has 1 aliphatic carbocycles. The van der Waals surface area contributed by atoms with Crippen LogP contribution in [0.2, 0.25) is 0 Å². The molecular weight excluding hydrogens is 364 g/mol. The Morgan fingerprint density at radius 3 is 2.63 bits per heavy atom. The van der Waals surface area contributed by atoms with Gasteiger partial charge in [0, 0.05) is 27.1 Å². The van der Waals surface area contributed by atoms with Crippen LogP contribution in [0.25, 0.3) is 0 Å². The Bertz CT molecular complexity index is 785. The van der Waals surface area contributed by atoms with Crippen LogP contribution in [0.5, 0.6) is 5.75 Å². The molecule has 6 nitrogen and oxygen atoms in total. The highest BCUT2D eigenvalue weighted by Crippen LogP contribution is 2.25. The fourth-order valence-electron chi connectivity index (χ4n) is 3.15. The van der Waals surface area contributed by atoms with Crippen molar-refractivity contribution in [2.45, 2.75) is 49.8 Å². The number of hydrogen-bond acceptors (Lipinski definition) is 4. The third-order valence-corrected chi connectivity index (χ3v) is 6.62. The summed E-state index contributed by atoms with van der Waals surface area (Å²) >= 11 is 0. The minimum Gasteiger partial charge on any atom is -0.496 e. The lowest BCUT2D eigenvalue weighted by atomic mass is 9.97. The number of allylic oxidation sites excluding steroid dienone is 1. The Kier molecular flexibility index (Phi) is 7.86. The summed E-state index contributed by atoms with van der Waals surface area (Å²) in [5.41, 5.74) is 2.15. The highest BCUT2D eigenvalue weighted by molar-refractivity contribution is 7.89. The number of carbonyl (C=O) groups is 1. The number of ether oxygens (including phenoxy) is 1. The molecule has 1 amide bonds. The molecule has 27 heavy (non-hydrogen) atoms. The second kappa shape index (κ2) is 9.90. The highest BCUT2D eigenvalue weighted by atomic mass is 32.2. The van der Waals surface area contributed by atoms with E-state index in [4.69, 9.17) is 4.74 Å². The molecule has 1 aromatic carbocycles. The smallest absolute Gasteiger partial charge is 0.242 e. The van der Waals surface area contributed by atoms with Crippen LogP contribution in [0, 0.1) is 0 Å². The van der Waals surface area contributed by atoms with E-state index in [0.717, 1.165) is 19.3 Å². The van der Waals surface area contributed by atoms with Crippen LogP contribution in [0.4, 0.5) is 0 Å². The highest BCUT2D eigenvalue weighted by Gasteiger charge is 2.19. The summed E-state index contributed by atoms with van der Waals surface area (Å²) in [6, 6.07) is 4.75. The summed E-state index contributed by atoms with van der Waals surface area (Å²) < 4.78 is 31.1. The van der Waals surface area contributed by atoms with Crippen molar-refractivity contribution in [3.05, 3.63) is 35.4 Å². The lowest BCUT2D eigenvalue weighted by Crippen LogP contribution is -2.25. The first-order valence-corrected chi connectivity index (χ1v) is 10.8. The SMILES string of the molecule is COc1ccc(S(=O)(=O)N(C)C)cc1CCC(=O)NCCC1=CCCCC1. The molecule has 0 saturated heterocycles. The van der Waals surface area contributed by atoms with Crippen molar-refractivity contribution in [1.82, 2.24) is 9.62 Å². The Morgan fingerprint density at radius 1 is 1.22 bits per heavy atom. The zero-order valence-electron chi connectivity index (χ0n) is 16.5. The number of amides is 1. The molecule has 150 valence electrons. The van der Waals surface area contributed by atoms with Gasteiger partial charge >= 0.3 is 0 Å². The minimum absolute atomic E-state index is 0.0330. The number of aryl methyl sites for hydroxylation is 1. The fraction of sp³-hybridized carbons (Fsp3) is 0.550. The molecule has 2 rings (SSSR count). The maximum atomic E-state index is 12.3. The monoisotopic (exact) mass is 394 g/mol. The van der Waals surface area contributed by atoms with E-state index in [1.54, 1.807) is 12.1 Å². The summed E-state index contributed by atoms with van der Waals surface area (Å²) in [6.07, 6.45) is 8.71. The number of nitrogens with zero attached hydrogens (tertiary/aromatic N) is 1. The van der Waals surface area contributed by atoms with Crippen LogP contribution in [0.3, 0.4) is 0 Å². The number of methoxy groups -OCH3 is 1. The summed E-state index contributed by atoms with van der Waals surface area (Å²) in [5.74, 6) is 0.558. The number of nitrogens with one attached hydrogen (secondary N) is 1. The summed E-state index contributed by atoms with van der Waals surface area (Å²) in [5, 5.41) is 2.95. The van der Waals surface area contributed by atoms with Crippen molar-refractivity contribution in [3.8, 4) is 5.75 Å². The number of hydrogen-bond donors (Lipinski definition) is 1. The van der Waals surface area contributed by atoms with Gasteiger partial charge in [-0.15, -0.1) is 0 Å². The van der Waals surface area contributed by atoms with Gasteiger partial charge in [-0.2, -0.15) is 0 Å². The van der Waals surface area contributed by atoms with Gasteiger partial charge in [-0.1, -0.05) is 11.6 Å². The third kappa shape index (κ3) is 6.07. The van der Waals surface area contributed by atoms with E-state index in [2.05, 4.69) is 11.4 Å². The molecule has 0 aromatic heterocycles. The molecule has 0 spiro atoms. The normalized spacial score (nSPS) is 14.7. The van der Waals surface area contributed by atoms with Gasteiger partial charge in [-0.25, -0.2) is 12.7 Å². The van der Waals surface area contributed by atoms with Crippen molar-refractivity contribution in [2.75, 3.05) is 27.7 Å². The van der Waals surface area contributed by atoms with Crippen molar-refractivity contribution >= 4 is 15.9 Å². The molecule has 0 heterocycles. The standard InChI is InChI=1S/C20H30N2O4S/c1-22(2)27(24,25)18-10-11-19(26-3)17(15-18)9-12-20(23)21-14-13-16-7-5-4-6-8-16/h7,10-11,15H,4-6,8-9,12-14H2,1-3H3,(H,21,23). The molecular formula is C20H30N2O4S. The molecule has 0 aliphatic heterocycles. The van der Waals surface area contributed by atoms with Gasteiger partial charge in [0.2, 0.25) is 15.9 Å². The van der Waals surface area contributed by atoms with E-state index in [9.17, 15) is 13.2 Å². The predicted octanol–water partition coefficient (Wildman–Crippen LogP) is 2.88. The Hall–Kier alpha value is -1.86. The van der Waals surface area contributed by atoms with E-state index in [1.807, 2.05) is 0 Å². The second-order valence-corrected chi connectivity index (χ2v) is 9.12. The van der Waals surface area contributed by atoms with Crippen LogP contribution in [-0.4, -0.2) is 46.4 Å². The molecule has 1 aromatic rings. The van der Waals surface area contributed by atoms with Gasteiger partial charge in [0.25, 0.3) is 0 Å². The third-order valence-electron chi connectivity index (χ3n) is 4.81. The van der Waals surface area contributed by atoms with Crippen molar-refractivity contribution in [3.63, 3.8) is 0 Å². The zero-order chi connectivity index (χ0) is 19.9. The van der Waals surface area contributed by atoms with Gasteiger partial charge in [0.05, 0.1) is 12.0 Å². The van der Waals surface area contributed by atoms with E-state index >= 15 is 0 Å². The Balaban J connectivity index is 1.93. The van der Waals surface area contributed by atoms with E-state index in [-0.39, 0.29) is 10.8 Å². The maximum absolute atomic E-state index is 12.3. The molecule has 0 radical (unpaired) electrons. The minimum atomic E-state index is -3.52. The number of benzene rings is 1. The van der Waals surface area contributed by atoms with E-state index in [1.165, 1.54) is 50.0 Å². The Morgan fingerprint density at radius 2 is 2.00 bits per heavy atom. The van der Waals surface area contributed by atoms with Crippen LogP contribution >= 0.6 is 0 Å². The molecule has 0 atom stereocenters. The van der Waals surface area contributed by atoms with Crippen molar-refractivity contribution < 1.29 is 17.9 Å². The summed E-state index contributed by atoms with van der Waals surface area (Å²) in [7, 11) is 1.01.